The van der Waals surface area contributed by atoms with E-state index in [1.54, 1.807) is 0 Å². The van der Waals surface area contributed by atoms with E-state index in [0.717, 1.165) is 30.4 Å². The molecule has 4 heteroatoms. The molecule has 1 aromatic heterocycles. The van der Waals surface area contributed by atoms with Gasteiger partial charge in [0.25, 0.3) is 0 Å². The van der Waals surface area contributed by atoms with Crippen molar-refractivity contribution < 1.29 is 9.15 Å². The van der Waals surface area contributed by atoms with Crippen molar-refractivity contribution in [1.82, 2.24) is 4.98 Å². The van der Waals surface area contributed by atoms with Crippen LogP contribution in [0.15, 0.2) is 4.42 Å². The highest BCUT2D eigenvalue weighted by atomic mass is 16.5. The van der Waals surface area contributed by atoms with Gasteiger partial charge in [-0.05, 0) is 20.3 Å². The van der Waals surface area contributed by atoms with Crippen LogP contribution in [0.25, 0.3) is 0 Å². The topological polar surface area (TPSA) is 61.3 Å². The zero-order chi connectivity index (χ0) is 10.1. The molecule has 0 amide bonds. The summed E-state index contributed by atoms with van der Waals surface area (Å²) in [6, 6.07) is 0. The van der Waals surface area contributed by atoms with Crippen molar-refractivity contribution in [3.8, 4) is 0 Å². The van der Waals surface area contributed by atoms with Crippen LogP contribution in [0.3, 0.4) is 0 Å². The van der Waals surface area contributed by atoms with Crippen LogP contribution in [-0.2, 0) is 11.3 Å². The van der Waals surface area contributed by atoms with Crippen LogP contribution in [-0.4, -0.2) is 17.7 Å². The summed E-state index contributed by atoms with van der Waals surface area (Å²) in [6.07, 6.45) is 1.20. The van der Waals surface area contributed by atoms with Crippen molar-refractivity contribution in [2.24, 2.45) is 5.73 Å². The number of rotatable bonds is 2. The fourth-order valence-corrected chi connectivity index (χ4v) is 1.85. The summed E-state index contributed by atoms with van der Waals surface area (Å²) in [4.78, 5) is 4.39. The molecule has 1 fully saturated rings. The first-order chi connectivity index (χ1) is 6.72. The molecule has 0 spiro atoms. The van der Waals surface area contributed by atoms with Gasteiger partial charge in [-0.15, -0.1) is 0 Å². The monoisotopic (exact) mass is 196 g/mol. The lowest BCUT2D eigenvalue weighted by Gasteiger charge is -2.08. The van der Waals surface area contributed by atoms with Gasteiger partial charge in [-0.2, -0.15) is 0 Å². The van der Waals surface area contributed by atoms with Crippen molar-refractivity contribution >= 4 is 0 Å². The Balaban J connectivity index is 2.23. The highest BCUT2D eigenvalue weighted by molar-refractivity contribution is 5.11. The van der Waals surface area contributed by atoms with Gasteiger partial charge in [-0.3, -0.25) is 0 Å². The minimum Gasteiger partial charge on any atom is -0.444 e. The second-order valence-corrected chi connectivity index (χ2v) is 3.74. The third-order valence-corrected chi connectivity index (χ3v) is 2.79. The highest BCUT2D eigenvalue weighted by Gasteiger charge is 2.30. The van der Waals surface area contributed by atoms with E-state index in [2.05, 4.69) is 11.9 Å². The number of oxazole rings is 1. The molecule has 0 aliphatic carbocycles. The maximum atomic E-state index is 5.60. The first-order valence-corrected chi connectivity index (χ1v) is 5.00. The van der Waals surface area contributed by atoms with Crippen LogP contribution < -0.4 is 5.73 Å². The highest BCUT2D eigenvalue weighted by Crippen LogP contribution is 2.31. The fourth-order valence-electron chi connectivity index (χ4n) is 1.85. The number of aryl methyl sites for hydroxylation is 1. The Morgan fingerprint density at radius 3 is 2.86 bits per heavy atom. The van der Waals surface area contributed by atoms with Gasteiger partial charge < -0.3 is 14.9 Å². The van der Waals surface area contributed by atoms with Gasteiger partial charge in [-0.25, -0.2) is 4.98 Å². The molecule has 0 radical (unpaired) electrons. The zero-order valence-electron chi connectivity index (χ0n) is 8.62. The molecule has 2 atom stereocenters. The summed E-state index contributed by atoms with van der Waals surface area (Å²) < 4.78 is 11.1. The van der Waals surface area contributed by atoms with Gasteiger partial charge in [0.05, 0.1) is 24.3 Å². The molecule has 0 aromatic carbocycles. The molecular weight excluding hydrogens is 180 g/mol. The number of nitrogens with zero attached hydrogens (tertiary/aromatic N) is 1. The Kier molecular flexibility index (Phi) is 2.56. The molecular formula is C10H16N2O2. The standard InChI is InChI=1S/C10H16N2O2/c1-6-9(5-11)14-10(12-6)8-3-4-13-7(8)2/h7-8H,3-5,11H2,1-2H3. The van der Waals surface area contributed by atoms with E-state index in [0.29, 0.717) is 12.5 Å². The molecule has 0 bridgehead atoms. The van der Waals surface area contributed by atoms with Crippen LogP contribution in [0.4, 0.5) is 0 Å². The van der Waals surface area contributed by atoms with Crippen LogP contribution in [0, 0.1) is 6.92 Å². The average Bonchev–Trinajstić information content (AvgIpc) is 2.71. The van der Waals surface area contributed by atoms with Gasteiger partial charge in [0.1, 0.15) is 5.76 Å². The van der Waals surface area contributed by atoms with Crippen LogP contribution in [0.1, 0.15) is 36.6 Å². The normalized spacial score (nSPS) is 27.1. The second-order valence-electron chi connectivity index (χ2n) is 3.74. The second kappa shape index (κ2) is 3.71. The lowest BCUT2D eigenvalue weighted by molar-refractivity contribution is 0.114. The molecule has 1 saturated heterocycles. The summed E-state index contributed by atoms with van der Waals surface area (Å²) in [5.41, 5.74) is 6.44. The van der Waals surface area contributed by atoms with Gasteiger partial charge in [-0.1, -0.05) is 0 Å². The molecule has 2 rings (SSSR count). The van der Waals surface area contributed by atoms with Crippen molar-refractivity contribution in [3.05, 3.63) is 17.3 Å². The third-order valence-electron chi connectivity index (χ3n) is 2.79. The van der Waals surface area contributed by atoms with E-state index >= 15 is 0 Å². The summed E-state index contributed by atoms with van der Waals surface area (Å²) in [6.45, 7) is 5.20. The van der Waals surface area contributed by atoms with Crippen LogP contribution >= 0.6 is 0 Å². The predicted octanol–water partition coefficient (Wildman–Crippen LogP) is 1.33. The fraction of sp³-hybridized carbons (Fsp3) is 0.700. The molecule has 14 heavy (non-hydrogen) atoms. The number of hydrogen-bond donors (Lipinski definition) is 1. The Morgan fingerprint density at radius 1 is 1.57 bits per heavy atom. The summed E-state index contributed by atoms with van der Waals surface area (Å²) in [5.74, 6) is 1.88. The first kappa shape index (κ1) is 9.68. The molecule has 0 saturated carbocycles. The maximum Gasteiger partial charge on any atom is 0.200 e. The maximum absolute atomic E-state index is 5.60. The summed E-state index contributed by atoms with van der Waals surface area (Å²) in [5, 5.41) is 0. The van der Waals surface area contributed by atoms with Crippen molar-refractivity contribution in [2.45, 2.75) is 38.8 Å². The van der Waals surface area contributed by atoms with E-state index in [4.69, 9.17) is 14.9 Å². The molecule has 78 valence electrons. The van der Waals surface area contributed by atoms with E-state index < -0.39 is 0 Å². The zero-order valence-corrected chi connectivity index (χ0v) is 8.62. The Morgan fingerprint density at radius 2 is 2.36 bits per heavy atom. The summed E-state index contributed by atoms with van der Waals surface area (Å²) in [7, 11) is 0. The average molecular weight is 196 g/mol. The third kappa shape index (κ3) is 1.55. The minimum absolute atomic E-state index is 0.207. The van der Waals surface area contributed by atoms with Crippen molar-refractivity contribution in [3.63, 3.8) is 0 Å². The van der Waals surface area contributed by atoms with Gasteiger partial charge in [0, 0.05) is 6.61 Å². The molecule has 2 heterocycles. The molecule has 1 aliphatic heterocycles. The summed E-state index contributed by atoms with van der Waals surface area (Å²) >= 11 is 0. The van der Waals surface area contributed by atoms with Gasteiger partial charge in [0.15, 0.2) is 0 Å². The Labute approximate surface area is 83.4 Å². The molecule has 4 nitrogen and oxygen atoms in total. The van der Waals surface area contributed by atoms with Gasteiger partial charge >= 0.3 is 0 Å². The molecule has 1 aliphatic rings. The van der Waals surface area contributed by atoms with E-state index in [-0.39, 0.29) is 6.10 Å². The van der Waals surface area contributed by atoms with Crippen LogP contribution in [0.2, 0.25) is 0 Å². The molecule has 1 aromatic rings. The quantitative estimate of drug-likeness (QED) is 0.775. The van der Waals surface area contributed by atoms with Crippen LogP contribution in [0.5, 0.6) is 0 Å². The lowest BCUT2D eigenvalue weighted by atomic mass is 10.0. The smallest absolute Gasteiger partial charge is 0.200 e. The van der Waals surface area contributed by atoms with E-state index in [1.165, 1.54) is 0 Å². The van der Waals surface area contributed by atoms with E-state index in [1.807, 2.05) is 6.92 Å². The number of nitrogens with two attached hydrogens (primary N) is 1. The minimum atomic E-state index is 0.207. The Bertz CT molecular complexity index is 322. The SMILES string of the molecule is Cc1nc(C2CCOC2C)oc1CN. The predicted molar refractivity (Wildman–Crippen MR) is 51.9 cm³/mol. The molecule has 2 unspecified atom stereocenters. The largest absolute Gasteiger partial charge is 0.444 e. The first-order valence-electron chi connectivity index (χ1n) is 5.00. The van der Waals surface area contributed by atoms with Crippen molar-refractivity contribution in [1.29, 1.82) is 0 Å². The molecule has 2 N–H and O–H groups in total. The Hall–Kier alpha value is -0.870. The lowest BCUT2D eigenvalue weighted by Crippen LogP contribution is -2.09. The van der Waals surface area contributed by atoms with E-state index in [9.17, 15) is 0 Å². The van der Waals surface area contributed by atoms with Crippen molar-refractivity contribution in [2.75, 3.05) is 6.61 Å². The van der Waals surface area contributed by atoms with Gasteiger partial charge in [0.2, 0.25) is 5.89 Å². The number of ether oxygens (including phenoxy) is 1. The number of aromatic nitrogens is 1. The number of hydrogen-bond acceptors (Lipinski definition) is 4.